The first-order valence-electron chi connectivity index (χ1n) is 22.2. The Balaban J connectivity index is 1.21. The van der Waals surface area contributed by atoms with Crippen molar-refractivity contribution in [3.63, 3.8) is 0 Å². The third-order valence-electron chi connectivity index (χ3n) is 12.6. The van der Waals surface area contributed by atoms with Gasteiger partial charge >= 0.3 is 0 Å². The fraction of sp³-hybridized carbons (Fsp3) is 0. The summed E-state index contributed by atoms with van der Waals surface area (Å²) in [5, 5.41) is 6.71. The first-order chi connectivity index (χ1) is 32.3. The second-order valence-electron chi connectivity index (χ2n) is 16.5. The summed E-state index contributed by atoms with van der Waals surface area (Å²) in [6, 6.07) is 91.5. The van der Waals surface area contributed by atoms with Crippen LogP contribution in [-0.4, -0.2) is 0 Å². The molecule has 11 aromatic carbocycles. The quantitative estimate of drug-likeness (QED) is 0.144. The van der Waals surface area contributed by atoms with Crippen LogP contribution in [0.2, 0.25) is 0 Å². The van der Waals surface area contributed by atoms with Gasteiger partial charge in [-0.15, -0.1) is 0 Å². The molecule has 0 aliphatic rings. The number of benzene rings is 11. The number of hydrogen-bond donors (Lipinski definition) is 0. The molecule has 3 heteroatoms. The van der Waals surface area contributed by atoms with Crippen molar-refractivity contribution in [2.24, 2.45) is 0 Å². The van der Waals surface area contributed by atoms with Gasteiger partial charge in [0.1, 0.15) is 11.2 Å². The SMILES string of the molecule is c1ccc(-c2ccc(N(c3ccccc3-c3ccccc3)c3ccc4oc5c6ccccc6ccc5c4c3N(c3ccccc3)c3ccccc3-c3ccc4ccccc4c3)cc2)cc1. The Kier molecular flexibility index (Phi) is 9.50. The topological polar surface area (TPSA) is 19.6 Å². The fourth-order valence-electron chi connectivity index (χ4n) is 9.58. The maximum absolute atomic E-state index is 7.05. The van der Waals surface area contributed by atoms with Crippen LogP contribution in [-0.2, 0) is 0 Å². The molecule has 0 bridgehead atoms. The first kappa shape index (κ1) is 38.0. The molecule has 0 fully saturated rings. The van der Waals surface area contributed by atoms with E-state index in [1.165, 1.54) is 16.3 Å². The standard InChI is InChI=1S/C62H42N2O/c1-4-18-43(19-5-1)45-34-37-51(38-35-45)63(56-30-16-14-27-52(56)46-21-6-2-7-22-46)58-40-41-59-60(55-39-36-47-23-12-13-29-54(47)62(55)65-59)61(58)64(50-25-8-3-9-26-50)57-31-17-15-28-53(57)49-33-32-44-20-10-11-24-48(44)42-49/h1-42H. The van der Waals surface area contributed by atoms with Crippen molar-refractivity contribution in [3.8, 4) is 33.4 Å². The van der Waals surface area contributed by atoms with Gasteiger partial charge in [0.2, 0.25) is 0 Å². The Morgan fingerprint density at radius 1 is 0.292 bits per heavy atom. The van der Waals surface area contributed by atoms with Crippen LogP contribution >= 0.6 is 0 Å². The highest BCUT2D eigenvalue weighted by Gasteiger charge is 2.30. The summed E-state index contributed by atoms with van der Waals surface area (Å²) in [4.78, 5) is 4.91. The number of hydrogen-bond acceptors (Lipinski definition) is 3. The van der Waals surface area contributed by atoms with Crippen molar-refractivity contribution in [2.45, 2.75) is 0 Å². The molecular weight excluding hydrogens is 789 g/mol. The van der Waals surface area contributed by atoms with Crippen LogP contribution in [0.15, 0.2) is 259 Å². The van der Waals surface area contributed by atoms with Gasteiger partial charge in [0, 0.05) is 33.3 Å². The lowest BCUT2D eigenvalue weighted by atomic mass is 9.97. The van der Waals surface area contributed by atoms with Gasteiger partial charge in [0.05, 0.1) is 28.1 Å². The molecule has 0 atom stereocenters. The zero-order valence-corrected chi connectivity index (χ0v) is 35.6. The van der Waals surface area contributed by atoms with Crippen molar-refractivity contribution < 1.29 is 4.42 Å². The Hall–Kier alpha value is -8.66. The molecule has 0 N–H and O–H groups in total. The van der Waals surface area contributed by atoms with E-state index in [4.69, 9.17) is 4.42 Å². The third-order valence-corrected chi connectivity index (χ3v) is 12.6. The minimum Gasteiger partial charge on any atom is -0.455 e. The van der Waals surface area contributed by atoms with Crippen molar-refractivity contribution in [1.29, 1.82) is 0 Å². The highest BCUT2D eigenvalue weighted by molar-refractivity contribution is 6.22. The molecule has 0 amide bonds. The number of nitrogens with zero attached hydrogens (tertiary/aromatic N) is 2. The number of para-hydroxylation sites is 3. The predicted octanol–water partition coefficient (Wildman–Crippen LogP) is 17.8. The van der Waals surface area contributed by atoms with E-state index in [9.17, 15) is 0 Å². The van der Waals surface area contributed by atoms with E-state index in [0.29, 0.717) is 0 Å². The molecule has 0 aliphatic carbocycles. The van der Waals surface area contributed by atoms with Gasteiger partial charge in [-0.2, -0.15) is 0 Å². The van der Waals surface area contributed by atoms with Crippen molar-refractivity contribution in [2.75, 3.05) is 9.80 Å². The monoisotopic (exact) mass is 830 g/mol. The summed E-state index contributed by atoms with van der Waals surface area (Å²) >= 11 is 0. The molecular formula is C62H42N2O. The molecule has 0 radical (unpaired) electrons. The second kappa shape index (κ2) is 16.2. The van der Waals surface area contributed by atoms with E-state index in [1.807, 2.05) is 0 Å². The van der Waals surface area contributed by atoms with Gasteiger partial charge in [0.25, 0.3) is 0 Å². The normalized spacial score (nSPS) is 11.4. The lowest BCUT2D eigenvalue weighted by Gasteiger charge is -2.35. The molecule has 0 aliphatic heterocycles. The molecule has 3 nitrogen and oxygen atoms in total. The second-order valence-corrected chi connectivity index (χ2v) is 16.5. The van der Waals surface area contributed by atoms with Gasteiger partial charge in [-0.05, 0) is 99.1 Å². The van der Waals surface area contributed by atoms with Crippen LogP contribution in [0.5, 0.6) is 0 Å². The maximum atomic E-state index is 7.05. The first-order valence-corrected chi connectivity index (χ1v) is 22.2. The average molecular weight is 831 g/mol. The number of furan rings is 1. The van der Waals surface area contributed by atoms with Gasteiger partial charge in [0.15, 0.2) is 0 Å². The van der Waals surface area contributed by atoms with Crippen LogP contribution in [0.1, 0.15) is 0 Å². The summed E-state index contributed by atoms with van der Waals surface area (Å²) in [5.74, 6) is 0. The Labute approximate surface area is 378 Å². The van der Waals surface area contributed by atoms with E-state index >= 15 is 0 Å². The number of anilines is 6. The Morgan fingerprint density at radius 3 is 1.55 bits per heavy atom. The Morgan fingerprint density at radius 2 is 0.815 bits per heavy atom. The minimum atomic E-state index is 0.815. The summed E-state index contributed by atoms with van der Waals surface area (Å²) in [5.41, 5.74) is 14.7. The highest BCUT2D eigenvalue weighted by Crippen LogP contribution is 2.54. The molecule has 65 heavy (non-hydrogen) atoms. The lowest BCUT2D eigenvalue weighted by molar-refractivity contribution is 0.672. The molecule has 306 valence electrons. The zero-order valence-electron chi connectivity index (χ0n) is 35.6. The van der Waals surface area contributed by atoms with Crippen molar-refractivity contribution in [3.05, 3.63) is 255 Å². The third kappa shape index (κ3) is 6.78. The molecule has 12 aromatic rings. The van der Waals surface area contributed by atoms with Crippen LogP contribution in [0.4, 0.5) is 34.1 Å². The smallest absolute Gasteiger partial charge is 0.143 e. The fourth-order valence-corrected chi connectivity index (χ4v) is 9.58. The van der Waals surface area contributed by atoms with Crippen LogP contribution in [0.3, 0.4) is 0 Å². The van der Waals surface area contributed by atoms with Gasteiger partial charge in [-0.3, -0.25) is 0 Å². The maximum Gasteiger partial charge on any atom is 0.143 e. The molecule has 1 heterocycles. The summed E-state index contributed by atoms with van der Waals surface area (Å²) in [6.07, 6.45) is 0. The average Bonchev–Trinajstić information content (AvgIpc) is 3.78. The van der Waals surface area contributed by atoms with Gasteiger partial charge in [-0.25, -0.2) is 0 Å². The van der Waals surface area contributed by atoms with E-state index < -0.39 is 0 Å². The van der Waals surface area contributed by atoms with E-state index in [2.05, 4.69) is 265 Å². The van der Waals surface area contributed by atoms with Crippen LogP contribution in [0.25, 0.3) is 76.9 Å². The predicted molar refractivity (Wildman–Crippen MR) is 274 cm³/mol. The number of fused-ring (bicyclic) bond motifs is 6. The van der Waals surface area contributed by atoms with Crippen molar-refractivity contribution >= 4 is 77.6 Å². The summed E-state index contributed by atoms with van der Waals surface area (Å²) in [6.45, 7) is 0. The molecule has 12 rings (SSSR count). The Bertz CT molecular complexity index is 3650. The largest absolute Gasteiger partial charge is 0.455 e. The molecule has 0 saturated heterocycles. The summed E-state index contributed by atoms with van der Waals surface area (Å²) < 4.78 is 7.05. The summed E-state index contributed by atoms with van der Waals surface area (Å²) in [7, 11) is 0. The molecule has 1 aromatic heterocycles. The zero-order chi connectivity index (χ0) is 43.1. The minimum absolute atomic E-state index is 0.815. The lowest BCUT2D eigenvalue weighted by Crippen LogP contribution is -2.18. The molecule has 0 unspecified atom stereocenters. The molecule has 0 spiro atoms. The van der Waals surface area contributed by atoms with Gasteiger partial charge < -0.3 is 14.2 Å². The van der Waals surface area contributed by atoms with E-state index in [-0.39, 0.29) is 0 Å². The highest BCUT2D eigenvalue weighted by atomic mass is 16.3. The van der Waals surface area contributed by atoms with E-state index in [1.54, 1.807) is 0 Å². The van der Waals surface area contributed by atoms with Crippen LogP contribution < -0.4 is 9.80 Å². The van der Waals surface area contributed by atoms with E-state index in [0.717, 1.165) is 94.7 Å². The van der Waals surface area contributed by atoms with Crippen molar-refractivity contribution in [1.82, 2.24) is 0 Å². The molecule has 0 saturated carbocycles. The number of rotatable bonds is 9. The van der Waals surface area contributed by atoms with Crippen LogP contribution in [0, 0.1) is 0 Å². The van der Waals surface area contributed by atoms with Gasteiger partial charge in [-0.1, -0.05) is 194 Å².